The maximum Gasteiger partial charge on any atom is 0.200 e. The minimum atomic E-state index is -2.11. The van der Waals surface area contributed by atoms with Gasteiger partial charge in [-0.2, -0.15) is 0 Å². The Kier molecular flexibility index (Phi) is 5.70. The average Bonchev–Trinajstić information content (AvgIpc) is 2.42. The van der Waals surface area contributed by atoms with Crippen LogP contribution in [0.2, 0.25) is 19.1 Å². The number of hydrogen-bond acceptors (Lipinski definition) is 1. The Labute approximate surface area is 115 Å². The fourth-order valence-corrected chi connectivity index (χ4v) is 3.13. The zero-order chi connectivity index (χ0) is 15.5. The minimum Gasteiger partial charge on any atom is -0.420 e. The summed E-state index contributed by atoms with van der Waals surface area (Å²) in [6.45, 7) is 3.98. The van der Waals surface area contributed by atoms with Crippen molar-refractivity contribution in [1.29, 1.82) is 0 Å². The van der Waals surface area contributed by atoms with E-state index in [4.69, 9.17) is 4.43 Å². The van der Waals surface area contributed by atoms with Crippen LogP contribution in [-0.4, -0.2) is 15.4 Å². The van der Waals surface area contributed by atoms with E-state index in [0.29, 0.717) is 12.8 Å². The molecule has 0 aliphatic rings. The zero-order valence-corrected chi connectivity index (χ0v) is 12.6. The Morgan fingerprint density at radius 3 is 1.70 bits per heavy atom. The van der Waals surface area contributed by atoms with E-state index < -0.39 is 43.0 Å². The van der Waals surface area contributed by atoms with Gasteiger partial charge in [0.25, 0.3) is 0 Å². The molecule has 7 heteroatoms. The van der Waals surface area contributed by atoms with E-state index in [0.717, 1.165) is 6.04 Å². The van der Waals surface area contributed by atoms with E-state index in [1.54, 1.807) is 7.11 Å². The van der Waals surface area contributed by atoms with Gasteiger partial charge in [0.2, 0.25) is 5.82 Å². The number of hydrogen-bond donors (Lipinski definition) is 0. The molecule has 0 amide bonds. The zero-order valence-electron chi connectivity index (χ0n) is 11.6. The molecule has 0 aliphatic carbocycles. The molecular formula is C13H17F5OSi. The summed E-state index contributed by atoms with van der Waals surface area (Å²) in [5, 5.41) is 0. The third kappa shape index (κ3) is 3.79. The summed E-state index contributed by atoms with van der Waals surface area (Å²) >= 11 is 0. The van der Waals surface area contributed by atoms with Crippen LogP contribution in [0.5, 0.6) is 0 Å². The fraction of sp³-hybridized carbons (Fsp3) is 0.538. The molecule has 0 radical (unpaired) electrons. The predicted octanol–water partition coefficient (Wildman–Crippen LogP) is 4.56. The summed E-state index contributed by atoms with van der Waals surface area (Å²) in [4.78, 5) is 0. The largest absolute Gasteiger partial charge is 0.420 e. The van der Waals surface area contributed by atoms with Crippen molar-refractivity contribution in [2.75, 3.05) is 7.11 Å². The molecule has 0 atom stereocenters. The van der Waals surface area contributed by atoms with Crippen molar-refractivity contribution < 1.29 is 26.4 Å². The van der Waals surface area contributed by atoms with Crippen LogP contribution < -0.4 is 0 Å². The highest BCUT2D eigenvalue weighted by Gasteiger charge is 2.25. The molecule has 0 fully saturated rings. The van der Waals surface area contributed by atoms with E-state index >= 15 is 0 Å². The van der Waals surface area contributed by atoms with Crippen molar-refractivity contribution in [2.24, 2.45) is 0 Å². The second kappa shape index (κ2) is 6.67. The SMILES string of the molecule is CO[Si](C)(C)CCCCc1c(F)c(F)c(F)c(F)c1F. The first-order chi connectivity index (χ1) is 9.21. The standard InChI is InChI=1S/C13H17F5OSi/c1-19-20(2,3)7-5-4-6-8-9(14)11(16)13(18)12(17)10(8)15/h4-7H2,1-3H3. The number of rotatable bonds is 6. The van der Waals surface area contributed by atoms with Gasteiger partial charge in [-0.25, -0.2) is 22.0 Å². The van der Waals surface area contributed by atoms with Gasteiger partial charge < -0.3 is 4.43 Å². The normalized spacial score (nSPS) is 12.0. The van der Waals surface area contributed by atoms with E-state index in [1.165, 1.54) is 0 Å². The molecule has 114 valence electrons. The van der Waals surface area contributed by atoms with Crippen LogP contribution in [0.3, 0.4) is 0 Å². The summed E-state index contributed by atoms with van der Waals surface area (Å²) in [7, 11) is -0.162. The molecule has 0 aliphatic heterocycles. The van der Waals surface area contributed by atoms with Crippen molar-refractivity contribution in [1.82, 2.24) is 0 Å². The van der Waals surface area contributed by atoms with Gasteiger partial charge in [0.1, 0.15) is 0 Å². The molecule has 0 saturated heterocycles. The first-order valence-corrected chi connectivity index (χ1v) is 9.38. The molecule has 0 bridgehead atoms. The molecule has 0 unspecified atom stereocenters. The van der Waals surface area contributed by atoms with Gasteiger partial charge >= 0.3 is 0 Å². The molecule has 1 rings (SSSR count). The van der Waals surface area contributed by atoms with E-state index in [1.807, 2.05) is 13.1 Å². The summed E-state index contributed by atoms with van der Waals surface area (Å²) < 4.78 is 70.9. The lowest BCUT2D eigenvalue weighted by Crippen LogP contribution is -2.27. The van der Waals surface area contributed by atoms with Crippen LogP contribution in [0.4, 0.5) is 22.0 Å². The lowest BCUT2D eigenvalue weighted by molar-refractivity contribution is 0.368. The second-order valence-electron chi connectivity index (χ2n) is 5.22. The van der Waals surface area contributed by atoms with Gasteiger partial charge in [-0.05, 0) is 32.0 Å². The molecule has 20 heavy (non-hydrogen) atoms. The number of halogens is 5. The van der Waals surface area contributed by atoms with Gasteiger partial charge in [0, 0.05) is 12.7 Å². The van der Waals surface area contributed by atoms with Crippen LogP contribution in [-0.2, 0) is 10.8 Å². The van der Waals surface area contributed by atoms with Crippen molar-refractivity contribution in [2.45, 2.75) is 38.4 Å². The van der Waals surface area contributed by atoms with Crippen LogP contribution >= 0.6 is 0 Å². The summed E-state index contributed by atoms with van der Waals surface area (Å²) in [6.07, 6.45) is 0.782. The molecule has 0 saturated carbocycles. The lowest BCUT2D eigenvalue weighted by Gasteiger charge is -2.19. The summed E-state index contributed by atoms with van der Waals surface area (Å²) in [6, 6.07) is 0.763. The van der Waals surface area contributed by atoms with Crippen molar-refractivity contribution in [3.05, 3.63) is 34.6 Å². The van der Waals surface area contributed by atoms with Gasteiger partial charge in [0.15, 0.2) is 31.6 Å². The first kappa shape index (κ1) is 17.1. The molecule has 0 spiro atoms. The van der Waals surface area contributed by atoms with Gasteiger partial charge in [-0.3, -0.25) is 0 Å². The lowest BCUT2D eigenvalue weighted by atomic mass is 10.1. The summed E-state index contributed by atoms with van der Waals surface area (Å²) in [5.41, 5.74) is -0.738. The van der Waals surface area contributed by atoms with E-state index in [2.05, 4.69) is 0 Å². The third-order valence-electron chi connectivity index (χ3n) is 3.31. The Morgan fingerprint density at radius 1 is 0.800 bits per heavy atom. The van der Waals surface area contributed by atoms with Crippen LogP contribution in [0.1, 0.15) is 18.4 Å². The van der Waals surface area contributed by atoms with E-state index in [9.17, 15) is 22.0 Å². The quantitative estimate of drug-likeness (QED) is 0.246. The topological polar surface area (TPSA) is 9.23 Å². The number of benzene rings is 1. The first-order valence-electron chi connectivity index (χ1n) is 6.26. The molecule has 1 nitrogen and oxygen atoms in total. The van der Waals surface area contributed by atoms with Crippen molar-refractivity contribution in [3.63, 3.8) is 0 Å². The van der Waals surface area contributed by atoms with Crippen molar-refractivity contribution in [3.8, 4) is 0 Å². The molecular weight excluding hydrogens is 295 g/mol. The van der Waals surface area contributed by atoms with Crippen LogP contribution in [0.25, 0.3) is 0 Å². The number of unbranched alkanes of at least 4 members (excludes halogenated alkanes) is 1. The molecule has 1 aromatic rings. The summed E-state index contributed by atoms with van der Waals surface area (Å²) in [5.74, 6) is -9.35. The molecule has 0 N–H and O–H groups in total. The molecule has 0 aromatic heterocycles. The van der Waals surface area contributed by atoms with Gasteiger partial charge in [0.05, 0.1) is 0 Å². The minimum absolute atomic E-state index is 0.181. The van der Waals surface area contributed by atoms with Gasteiger partial charge in [-0.15, -0.1) is 0 Å². The molecule has 1 aromatic carbocycles. The maximum absolute atomic E-state index is 13.4. The van der Waals surface area contributed by atoms with Crippen LogP contribution in [0, 0.1) is 29.1 Å². The Bertz CT molecular complexity index is 461. The highest BCUT2D eigenvalue weighted by molar-refractivity contribution is 6.71. The average molecular weight is 312 g/mol. The smallest absolute Gasteiger partial charge is 0.200 e. The fourth-order valence-electron chi connectivity index (χ4n) is 1.82. The molecule has 0 heterocycles. The van der Waals surface area contributed by atoms with Crippen molar-refractivity contribution >= 4 is 8.32 Å². The second-order valence-corrected chi connectivity index (χ2v) is 9.65. The highest BCUT2D eigenvalue weighted by atomic mass is 28.4. The Hall–Kier alpha value is -0.953. The third-order valence-corrected chi connectivity index (χ3v) is 5.97. The van der Waals surface area contributed by atoms with E-state index in [-0.39, 0.29) is 6.42 Å². The highest BCUT2D eigenvalue weighted by Crippen LogP contribution is 2.25. The predicted molar refractivity (Wildman–Crippen MR) is 68.5 cm³/mol. The Balaban J connectivity index is 2.75. The monoisotopic (exact) mass is 312 g/mol. The van der Waals surface area contributed by atoms with Crippen LogP contribution in [0.15, 0.2) is 0 Å². The van der Waals surface area contributed by atoms with Gasteiger partial charge in [-0.1, -0.05) is 6.42 Å². The maximum atomic E-state index is 13.4. The Morgan fingerprint density at radius 2 is 1.25 bits per heavy atom.